The summed E-state index contributed by atoms with van der Waals surface area (Å²) in [6.07, 6.45) is 0. The summed E-state index contributed by atoms with van der Waals surface area (Å²) in [5, 5.41) is 10.7. The molecule has 0 aliphatic heterocycles. The zero-order valence-corrected chi connectivity index (χ0v) is 10.9. The van der Waals surface area contributed by atoms with Crippen LogP contribution >= 0.6 is 22.7 Å². The van der Waals surface area contributed by atoms with E-state index >= 15 is 0 Å². The van der Waals surface area contributed by atoms with Crippen molar-refractivity contribution in [2.75, 3.05) is 7.11 Å². The molecule has 0 radical (unpaired) electrons. The van der Waals surface area contributed by atoms with Gasteiger partial charge in [0.1, 0.15) is 15.8 Å². The minimum Gasteiger partial charge on any atom is -0.465 e. The van der Waals surface area contributed by atoms with E-state index in [1.165, 1.54) is 29.8 Å². The molecule has 0 unspecified atom stereocenters. The van der Waals surface area contributed by atoms with Crippen molar-refractivity contribution in [3.63, 3.8) is 0 Å². The number of hydrogen-bond donors (Lipinski definition) is 0. The molecule has 0 N–H and O–H groups in total. The molecule has 0 fully saturated rings. The summed E-state index contributed by atoms with van der Waals surface area (Å²) < 4.78 is 4.76. The number of ether oxygens (including phenoxy) is 1. The Bertz CT molecular complexity index is 604. The quantitative estimate of drug-likeness (QED) is 0.780. The molecule has 0 spiro atoms. The van der Waals surface area contributed by atoms with E-state index in [2.05, 4.69) is 6.07 Å². The third kappa shape index (κ3) is 2.09. The number of thiophene rings is 2. The third-order valence-corrected chi connectivity index (χ3v) is 4.39. The number of methoxy groups -OCH3 is 1. The van der Waals surface area contributed by atoms with Gasteiger partial charge in [-0.15, -0.1) is 22.7 Å². The standard InChI is InChI=1S/C12H9NO2S2/c1-7-6-16-11(12(14)15-2)10(7)9-4-3-8(5-13)17-9/h3-4,6H,1-2H3. The molecule has 0 bridgehead atoms. The fourth-order valence-electron chi connectivity index (χ4n) is 1.53. The highest BCUT2D eigenvalue weighted by Gasteiger charge is 2.19. The van der Waals surface area contributed by atoms with E-state index in [-0.39, 0.29) is 5.97 Å². The molecule has 2 aromatic heterocycles. The van der Waals surface area contributed by atoms with Crippen molar-refractivity contribution in [3.05, 3.63) is 32.8 Å². The second-order valence-electron chi connectivity index (χ2n) is 3.39. The Labute approximate surface area is 107 Å². The van der Waals surface area contributed by atoms with Gasteiger partial charge in [0, 0.05) is 10.4 Å². The largest absolute Gasteiger partial charge is 0.465 e. The van der Waals surface area contributed by atoms with Crippen LogP contribution < -0.4 is 0 Å². The van der Waals surface area contributed by atoms with Gasteiger partial charge in [-0.25, -0.2) is 4.79 Å². The molecule has 2 aromatic rings. The van der Waals surface area contributed by atoms with Crippen LogP contribution in [-0.4, -0.2) is 13.1 Å². The van der Waals surface area contributed by atoms with Crippen LogP contribution in [-0.2, 0) is 4.74 Å². The van der Waals surface area contributed by atoms with Crippen LogP contribution in [0.5, 0.6) is 0 Å². The van der Waals surface area contributed by atoms with Crippen LogP contribution in [0.3, 0.4) is 0 Å². The summed E-state index contributed by atoms with van der Waals surface area (Å²) in [5.41, 5.74) is 1.91. The highest BCUT2D eigenvalue weighted by Crippen LogP contribution is 2.36. The molecule has 0 saturated heterocycles. The molecule has 0 atom stereocenters. The van der Waals surface area contributed by atoms with Crippen molar-refractivity contribution < 1.29 is 9.53 Å². The number of hydrogen-bond acceptors (Lipinski definition) is 5. The number of nitrogens with zero attached hydrogens (tertiary/aromatic N) is 1. The van der Waals surface area contributed by atoms with Crippen LogP contribution in [0.2, 0.25) is 0 Å². The first-order valence-electron chi connectivity index (χ1n) is 4.84. The van der Waals surface area contributed by atoms with Crippen molar-refractivity contribution >= 4 is 28.6 Å². The lowest BCUT2D eigenvalue weighted by atomic mass is 10.1. The van der Waals surface area contributed by atoms with Crippen molar-refractivity contribution in [2.45, 2.75) is 6.92 Å². The van der Waals surface area contributed by atoms with Crippen LogP contribution in [0.15, 0.2) is 17.5 Å². The van der Waals surface area contributed by atoms with Crippen molar-refractivity contribution in [3.8, 4) is 16.5 Å². The van der Waals surface area contributed by atoms with Crippen molar-refractivity contribution in [1.82, 2.24) is 0 Å². The second-order valence-corrected chi connectivity index (χ2v) is 5.35. The van der Waals surface area contributed by atoms with Gasteiger partial charge in [0.2, 0.25) is 0 Å². The molecule has 86 valence electrons. The van der Waals surface area contributed by atoms with Crippen LogP contribution in [0.25, 0.3) is 10.4 Å². The van der Waals surface area contributed by atoms with E-state index in [9.17, 15) is 4.79 Å². The molecule has 0 aliphatic rings. The lowest BCUT2D eigenvalue weighted by molar-refractivity contribution is 0.0607. The minimum atomic E-state index is -0.329. The Hall–Kier alpha value is -1.64. The number of rotatable bonds is 2. The van der Waals surface area contributed by atoms with Gasteiger partial charge < -0.3 is 4.74 Å². The van der Waals surface area contributed by atoms with Gasteiger partial charge in [-0.05, 0) is 30.0 Å². The lowest BCUT2D eigenvalue weighted by Gasteiger charge is -2.01. The Morgan fingerprint density at radius 2 is 2.24 bits per heavy atom. The van der Waals surface area contributed by atoms with E-state index in [4.69, 9.17) is 10.00 Å². The van der Waals surface area contributed by atoms with Crippen molar-refractivity contribution in [1.29, 1.82) is 5.26 Å². The Morgan fingerprint density at radius 3 is 2.82 bits per heavy atom. The molecule has 0 saturated carbocycles. The van der Waals surface area contributed by atoms with Gasteiger partial charge >= 0.3 is 5.97 Å². The highest BCUT2D eigenvalue weighted by atomic mass is 32.1. The number of esters is 1. The fourth-order valence-corrected chi connectivity index (χ4v) is 3.49. The summed E-state index contributed by atoms with van der Waals surface area (Å²) in [4.78, 5) is 13.8. The average Bonchev–Trinajstić information content (AvgIpc) is 2.93. The Balaban J connectivity index is 2.55. The second kappa shape index (κ2) is 4.70. The molecule has 17 heavy (non-hydrogen) atoms. The third-order valence-electron chi connectivity index (χ3n) is 2.31. The monoisotopic (exact) mass is 263 g/mol. The molecule has 5 heteroatoms. The lowest BCUT2D eigenvalue weighted by Crippen LogP contribution is -1.99. The predicted octanol–water partition coefficient (Wildman–Crippen LogP) is 3.44. The first kappa shape index (κ1) is 11.8. The molecule has 0 aromatic carbocycles. The summed E-state index contributed by atoms with van der Waals surface area (Å²) >= 11 is 2.75. The van der Waals surface area contributed by atoms with E-state index < -0.39 is 0 Å². The molecular weight excluding hydrogens is 254 g/mol. The van der Waals surface area contributed by atoms with Gasteiger partial charge in [-0.3, -0.25) is 0 Å². The zero-order valence-electron chi connectivity index (χ0n) is 9.31. The number of carbonyl (C=O) groups excluding carboxylic acids is 1. The fraction of sp³-hybridized carbons (Fsp3) is 0.167. The Kier molecular flexibility index (Phi) is 3.27. The van der Waals surface area contributed by atoms with Crippen LogP contribution in [0, 0.1) is 18.3 Å². The van der Waals surface area contributed by atoms with Gasteiger partial charge in [-0.1, -0.05) is 0 Å². The van der Waals surface area contributed by atoms with E-state index in [0.29, 0.717) is 9.75 Å². The van der Waals surface area contributed by atoms with E-state index in [1.807, 2.05) is 18.4 Å². The smallest absolute Gasteiger partial charge is 0.348 e. The maximum atomic E-state index is 11.6. The summed E-state index contributed by atoms with van der Waals surface area (Å²) in [6.45, 7) is 1.95. The number of carbonyl (C=O) groups is 1. The summed E-state index contributed by atoms with van der Waals surface area (Å²) in [6, 6.07) is 5.73. The summed E-state index contributed by atoms with van der Waals surface area (Å²) in [5.74, 6) is -0.329. The molecule has 2 heterocycles. The molecule has 3 nitrogen and oxygen atoms in total. The first-order chi connectivity index (χ1) is 8.17. The zero-order chi connectivity index (χ0) is 12.4. The van der Waals surface area contributed by atoms with Gasteiger partial charge in [0.25, 0.3) is 0 Å². The van der Waals surface area contributed by atoms with Gasteiger partial charge in [0.15, 0.2) is 0 Å². The normalized spacial score (nSPS) is 9.94. The molecule has 2 rings (SSSR count). The SMILES string of the molecule is COC(=O)c1scc(C)c1-c1ccc(C#N)s1. The van der Waals surface area contributed by atoms with Crippen LogP contribution in [0.1, 0.15) is 20.1 Å². The van der Waals surface area contributed by atoms with Gasteiger partial charge in [-0.2, -0.15) is 5.26 Å². The maximum absolute atomic E-state index is 11.6. The van der Waals surface area contributed by atoms with E-state index in [0.717, 1.165) is 16.0 Å². The Morgan fingerprint density at radius 1 is 1.47 bits per heavy atom. The average molecular weight is 263 g/mol. The topological polar surface area (TPSA) is 50.1 Å². The molecule has 0 aliphatic carbocycles. The van der Waals surface area contributed by atoms with Gasteiger partial charge in [0.05, 0.1) is 7.11 Å². The molecular formula is C12H9NO2S2. The minimum absolute atomic E-state index is 0.329. The maximum Gasteiger partial charge on any atom is 0.348 e. The molecule has 0 amide bonds. The highest BCUT2D eigenvalue weighted by molar-refractivity contribution is 7.17. The summed E-state index contributed by atoms with van der Waals surface area (Å²) in [7, 11) is 1.37. The van der Waals surface area contributed by atoms with Crippen molar-refractivity contribution in [2.24, 2.45) is 0 Å². The first-order valence-corrected chi connectivity index (χ1v) is 6.53. The van der Waals surface area contributed by atoms with E-state index in [1.54, 1.807) is 6.07 Å². The van der Waals surface area contributed by atoms with Crippen LogP contribution in [0.4, 0.5) is 0 Å². The number of aryl methyl sites for hydroxylation is 1. The number of nitriles is 1. The predicted molar refractivity (Wildman–Crippen MR) is 68.4 cm³/mol.